The molecule has 0 fully saturated rings. The Balaban J connectivity index is 1.94. The Morgan fingerprint density at radius 2 is 1.94 bits per heavy atom. The van der Waals surface area contributed by atoms with Crippen molar-refractivity contribution >= 4 is 37.5 Å². The average molecular weight is 458 g/mol. The van der Waals surface area contributed by atoms with Crippen molar-refractivity contribution in [1.29, 1.82) is 0 Å². The fraction of sp³-hybridized carbons (Fsp3) is 0.304. The van der Waals surface area contributed by atoms with E-state index in [1.807, 2.05) is 36.6 Å². The minimum Gasteiger partial charge on any atom is -0.312 e. The molecule has 6 nitrogen and oxygen atoms in total. The highest BCUT2D eigenvalue weighted by molar-refractivity contribution is 7.89. The lowest BCUT2D eigenvalue weighted by Crippen LogP contribution is -2.27. The number of aromatic nitrogens is 1. The van der Waals surface area contributed by atoms with E-state index in [1.54, 1.807) is 13.1 Å². The van der Waals surface area contributed by atoms with E-state index in [0.717, 1.165) is 28.6 Å². The summed E-state index contributed by atoms with van der Waals surface area (Å²) in [6.45, 7) is 8.85. The number of nitrogens with zero attached hydrogens (tertiary/aromatic N) is 3. The third-order valence-electron chi connectivity index (χ3n) is 5.05. The number of benzene rings is 2. The first-order chi connectivity index (χ1) is 14.8. The Kier molecular flexibility index (Phi) is 7.25. The fourth-order valence-electron chi connectivity index (χ4n) is 3.29. The topological polar surface area (TPSA) is 71.7 Å². The molecule has 0 spiro atoms. The molecule has 0 aliphatic carbocycles. The summed E-state index contributed by atoms with van der Waals surface area (Å²) in [4.78, 5) is 17.9. The van der Waals surface area contributed by atoms with E-state index < -0.39 is 15.9 Å². The highest BCUT2D eigenvalue weighted by atomic mass is 32.2. The number of sulfonamides is 1. The lowest BCUT2D eigenvalue weighted by molar-refractivity contribution is 0.0997. The van der Waals surface area contributed by atoms with Gasteiger partial charge in [0.15, 0.2) is 4.80 Å². The summed E-state index contributed by atoms with van der Waals surface area (Å²) in [5.74, 6) is -0.412. The molecule has 1 aromatic heterocycles. The molecule has 0 N–H and O–H groups in total. The summed E-state index contributed by atoms with van der Waals surface area (Å²) < 4.78 is 29.7. The van der Waals surface area contributed by atoms with Crippen LogP contribution in [0.15, 0.2) is 65.0 Å². The molecule has 8 heteroatoms. The van der Waals surface area contributed by atoms with Crippen molar-refractivity contribution in [3.8, 4) is 0 Å². The van der Waals surface area contributed by atoms with Gasteiger partial charge in [-0.3, -0.25) is 4.79 Å². The second-order valence-corrected chi connectivity index (χ2v) is 10.4. The van der Waals surface area contributed by atoms with E-state index in [4.69, 9.17) is 0 Å². The number of allylic oxidation sites excluding steroid dienone is 1. The lowest BCUT2D eigenvalue weighted by Gasteiger charge is -2.16. The van der Waals surface area contributed by atoms with E-state index in [9.17, 15) is 13.2 Å². The highest BCUT2D eigenvalue weighted by Gasteiger charge is 2.20. The number of amides is 1. The fourth-order valence-corrected chi connectivity index (χ4v) is 5.62. The predicted octanol–water partition coefficient (Wildman–Crippen LogP) is 4.36. The molecule has 1 amide bonds. The number of thiazole rings is 1. The first-order valence-electron chi connectivity index (χ1n) is 10.1. The van der Waals surface area contributed by atoms with Gasteiger partial charge in [-0.25, -0.2) is 12.7 Å². The van der Waals surface area contributed by atoms with Crippen LogP contribution in [0.25, 0.3) is 10.2 Å². The number of rotatable bonds is 8. The van der Waals surface area contributed by atoms with Gasteiger partial charge in [-0.2, -0.15) is 4.99 Å². The van der Waals surface area contributed by atoms with Gasteiger partial charge in [0.2, 0.25) is 10.0 Å². The third-order valence-corrected chi connectivity index (χ3v) is 7.96. The molecule has 0 aliphatic heterocycles. The molecule has 0 saturated carbocycles. The number of aryl methyl sites for hydroxylation is 1. The molecule has 1 heterocycles. The summed E-state index contributed by atoms with van der Waals surface area (Å²) in [7, 11) is -2.00. The number of unbranched alkanes of at least 4 members (excludes halogenated alkanes) is 1. The van der Waals surface area contributed by atoms with E-state index >= 15 is 0 Å². The van der Waals surface area contributed by atoms with Crippen LogP contribution in [-0.4, -0.2) is 36.8 Å². The molecule has 31 heavy (non-hydrogen) atoms. The Morgan fingerprint density at radius 3 is 2.58 bits per heavy atom. The van der Waals surface area contributed by atoms with Crippen LogP contribution in [0.2, 0.25) is 0 Å². The van der Waals surface area contributed by atoms with Crippen molar-refractivity contribution in [2.75, 3.05) is 13.6 Å². The van der Waals surface area contributed by atoms with Gasteiger partial charge in [-0.1, -0.05) is 42.9 Å². The van der Waals surface area contributed by atoms with Crippen molar-refractivity contribution in [3.63, 3.8) is 0 Å². The van der Waals surface area contributed by atoms with Gasteiger partial charge in [0.1, 0.15) is 0 Å². The molecular formula is C23H27N3O3S2. The minimum atomic E-state index is -3.57. The maximum Gasteiger partial charge on any atom is 0.279 e. The number of para-hydroxylation sites is 1. The number of carbonyl (C=O) groups excluding carboxylic acids is 1. The van der Waals surface area contributed by atoms with Crippen LogP contribution < -0.4 is 4.80 Å². The Morgan fingerprint density at radius 1 is 1.23 bits per heavy atom. The van der Waals surface area contributed by atoms with Crippen LogP contribution in [-0.2, 0) is 16.6 Å². The molecule has 0 saturated heterocycles. The largest absolute Gasteiger partial charge is 0.312 e. The summed E-state index contributed by atoms with van der Waals surface area (Å²) in [5.41, 5.74) is 2.48. The average Bonchev–Trinajstić information content (AvgIpc) is 3.10. The number of hydrogen-bond acceptors (Lipinski definition) is 4. The predicted molar refractivity (Wildman–Crippen MR) is 126 cm³/mol. The van der Waals surface area contributed by atoms with Crippen molar-refractivity contribution in [1.82, 2.24) is 8.87 Å². The molecule has 3 rings (SSSR count). The van der Waals surface area contributed by atoms with Crippen molar-refractivity contribution in [3.05, 3.63) is 71.0 Å². The SMILES string of the molecule is C=CCn1c(=NC(=O)c2ccc(S(=O)(=O)N(C)CCCC)cc2)sc2cccc(C)c21. The van der Waals surface area contributed by atoms with Crippen LogP contribution in [0.4, 0.5) is 0 Å². The first kappa shape index (κ1) is 23.1. The lowest BCUT2D eigenvalue weighted by atomic mass is 10.2. The normalized spacial score (nSPS) is 12.6. The molecule has 0 radical (unpaired) electrons. The summed E-state index contributed by atoms with van der Waals surface area (Å²) >= 11 is 1.45. The molecule has 164 valence electrons. The molecule has 0 aliphatic rings. The van der Waals surface area contributed by atoms with E-state index in [2.05, 4.69) is 11.6 Å². The van der Waals surface area contributed by atoms with E-state index in [1.165, 1.54) is 39.9 Å². The maximum absolute atomic E-state index is 12.8. The first-order valence-corrected chi connectivity index (χ1v) is 12.4. The molecule has 0 atom stereocenters. The van der Waals surface area contributed by atoms with Crippen LogP contribution >= 0.6 is 11.3 Å². The molecule has 0 bridgehead atoms. The van der Waals surface area contributed by atoms with Gasteiger partial charge in [-0.15, -0.1) is 6.58 Å². The zero-order valence-electron chi connectivity index (χ0n) is 18.0. The molecule has 3 aromatic rings. The summed E-state index contributed by atoms with van der Waals surface area (Å²) in [6.07, 6.45) is 3.49. The molecule has 2 aromatic carbocycles. The van der Waals surface area contributed by atoms with Gasteiger partial charge in [0.05, 0.1) is 15.1 Å². The number of fused-ring (bicyclic) bond motifs is 1. The van der Waals surface area contributed by atoms with Crippen LogP contribution in [0.3, 0.4) is 0 Å². The van der Waals surface area contributed by atoms with Gasteiger partial charge in [0, 0.05) is 25.7 Å². The molecular weight excluding hydrogens is 430 g/mol. The quantitative estimate of drug-likeness (QED) is 0.472. The maximum atomic E-state index is 12.8. The van der Waals surface area contributed by atoms with E-state index in [-0.39, 0.29) is 4.90 Å². The molecule has 0 unspecified atom stereocenters. The van der Waals surface area contributed by atoms with Gasteiger partial charge < -0.3 is 4.57 Å². The van der Waals surface area contributed by atoms with Crippen molar-refractivity contribution in [2.24, 2.45) is 4.99 Å². The zero-order chi connectivity index (χ0) is 22.6. The summed E-state index contributed by atoms with van der Waals surface area (Å²) in [5, 5.41) is 0. The van der Waals surface area contributed by atoms with Crippen LogP contribution in [0, 0.1) is 6.92 Å². The van der Waals surface area contributed by atoms with E-state index in [0.29, 0.717) is 23.5 Å². The Hall–Kier alpha value is -2.55. The summed E-state index contributed by atoms with van der Waals surface area (Å²) in [6, 6.07) is 12.0. The second kappa shape index (κ2) is 9.72. The van der Waals surface area contributed by atoms with Gasteiger partial charge >= 0.3 is 0 Å². The third kappa shape index (κ3) is 4.87. The highest BCUT2D eigenvalue weighted by Crippen LogP contribution is 2.21. The second-order valence-electron chi connectivity index (χ2n) is 7.33. The number of hydrogen-bond donors (Lipinski definition) is 0. The Labute approximate surface area is 187 Å². The monoisotopic (exact) mass is 457 g/mol. The van der Waals surface area contributed by atoms with Crippen molar-refractivity contribution < 1.29 is 13.2 Å². The zero-order valence-corrected chi connectivity index (χ0v) is 19.7. The van der Waals surface area contributed by atoms with Crippen molar-refractivity contribution in [2.45, 2.75) is 38.1 Å². The Bertz CT molecular complexity index is 1270. The van der Waals surface area contributed by atoms with Crippen LogP contribution in [0.5, 0.6) is 0 Å². The van der Waals surface area contributed by atoms with Gasteiger partial charge in [0.25, 0.3) is 5.91 Å². The van der Waals surface area contributed by atoms with Crippen LogP contribution in [0.1, 0.15) is 35.7 Å². The number of carbonyl (C=O) groups is 1. The standard InChI is InChI=1S/C23H27N3O3S2/c1-5-7-16-25(4)31(28,29)19-13-11-18(12-14-19)22(27)24-23-26(15-6-2)21-17(3)9-8-10-20(21)30-23/h6,8-14H,2,5,7,15-16H2,1,3-4H3. The smallest absolute Gasteiger partial charge is 0.279 e. The minimum absolute atomic E-state index is 0.168. The van der Waals surface area contributed by atoms with Gasteiger partial charge in [-0.05, 0) is 49.2 Å².